The van der Waals surface area contributed by atoms with Crippen LogP contribution in [0.3, 0.4) is 0 Å². The molecule has 2 aromatic rings. The Morgan fingerprint density at radius 1 is 1.13 bits per heavy atom. The van der Waals surface area contributed by atoms with Gasteiger partial charge in [-0.25, -0.2) is 0 Å². The van der Waals surface area contributed by atoms with Crippen LogP contribution in [0.25, 0.3) is 0 Å². The maximum absolute atomic E-state index is 11.7. The third-order valence-electron chi connectivity index (χ3n) is 3.58. The van der Waals surface area contributed by atoms with Crippen molar-refractivity contribution >= 4 is 22.2 Å². The van der Waals surface area contributed by atoms with Crippen LogP contribution in [-0.4, -0.2) is 13.4 Å². The smallest absolute Gasteiger partial charge is 0.157 e. The summed E-state index contributed by atoms with van der Waals surface area (Å²) >= 11 is 3.53. The molecule has 0 atom stereocenters. The standard InChI is InChI=1S/C19H21BrO3/c1-19(2,3)15-10-16(20)18(14(11-21)17(15)22-4)23-12-13-8-6-5-7-9-13/h5-11H,12H2,1-4H3. The second-order valence-electron chi connectivity index (χ2n) is 6.32. The number of ether oxygens (including phenoxy) is 2. The van der Waals surface area contributed by atoms with E-state index in [9.17, 15) is 4.79 Å². The van der Waals surface area contributed by atoms with Gasteiger partial charge in [0.1, 0.15) is 18.1 Å². The number of carbonyl (C=O) groups is 1. The molecular formula is C19H21BrO3. The van der Waals surface area contributed by atoms with E-state index in [4.69, 9.17) is 9.47 Å². The highest BCUT2D eigenvalue weighted by molar-refractivity contribution is 9.10. The van der Waals surface area contributed by atoms with Crippen molar-refractivity contribution < 1.29 is 14.3 Å². The highest BCUT2D eigenvalue weighted by Crippen LogP contribution is 2.42. The Balaban J connectivity index is 2.45. The van der Waals surface area contributed by atoms with Crippen LogP contribution in [0.1, 0.15) is 42.3 Å². The third kappa shape index (κ3) is 3.94. The van der Waals surface area contributed by atoms with Gasteiger partial charge in [-0.1, -0.05) is 51.1 Å². The van der Waals surface area contributed by atoms with E-state index >= 15 is 0 Å². The summed E-state index contributed by atoms with van der Waals surface area (Å²) in [7, 11) is 1.58. The molecule has 0 fully saturated rings. The van der Waals surface area contributed by atoms with Gasteiger partial charge in [-0.3, -0.25) is 4.79 Å². The Hall–Kier alpha value is -1.81. The molecule has 4 heteroatoms. The van der Waals surface area contributed by atoms with Gasteiger partial charge in [0.05, 0.1) is 17.1 Å². The van der Waals surface area contributed by atoms with Gasteiger partial charge in [-0.15, -0.1) is 0 Å². The number of carbonyl (C=O) groups excluding carboxylic acids is 1. The summed E-state index contributed by atoms with van der Waals surface area (Å²) in [4.78, 5) is 11.7. The fraction of sp³-hybridized carbons (Fsp3) is 0.316. The number of benzene rings is 2. The van der Waals surface area contributed by atoms with Crippen molar-refractivity contribution in [2.75, 3.05) is 7.11 Å². The zero-order valence-electron chi connectivity index (χ0n) is 13.9. The van der Waals surface area contributed by atoms with E-state index in [2.05, 4.69) is 36.7 Å². The minimum absolute atomic E-state index is 0.149. The van der Waals surface area contributed by atoms with Gasteiger partial charge in [0, 0.05) is 5.56 Å². The first-order valence-electron chi connectivity index (χ1n) is 7.41. The first-order chi connectivity index (χ1) is 10.9. The van der Waals surface area contributed by atoms with E-state index < -0.39 is 0 Å². The minimum Gasteiger partial charge on any atom is -0.496 e. The monoisotopic (exact) mass is 376 g/mol. The Kier molecular flexibility index (Phi) is 5.47. The van der Waals surface area contributed by atoms with E-state index in [1.54, 1.807) is 7.11 Å². The Labute approximate surface area is 145 Å². The van der Waals surface area contributed by atoms with Crippen molar-refractivity contribution in [2.24, 2.45) is 0 Å². The molecule has 122 valence electrons. The number of methoxy groups -OCH3 is 1. The van der Waals surface area contributed by atoms with Gasteiger partial charge in [0.15, 0.2) is 6.29 Å². The summed E-state index contributed by atoms with van der Waals surface area (Å²) in [6.07, 6.45) is 0.791. The quantitative estimate of drug-likeness (QED) is 0.677. The summed E-state index contributed by atoms with van der Waals surface area (Å²) in [5.74, 6) is 1.08. The van der Waals surface area contributed by atoms with E-state index in [0.29, 0.717) is 23.7 Å². The SMILES string of the molecule is COc1c(C(C)(C)C)cc(Br)c(OCc2ccccc2)c1C=O. The van der Waals surface area contributed by atoms with Crippen LogP contribution in [0.2, 0.25) is 0 Å². The third-order valence-corrected chi connectivity index (χ3v) is 4.17. The second-order valence-corrected chi connectivity index (χ2v) is 7.18. The maximum Gasteiger partial charge on any atom is 0.157 e. The maximum atomic E-state index is 11.7. The number of hydrogen-bond donors (Lipinski definition) is 0. The van der Waals surface area contributed by atoms with Gasteiger partial charge >= 0.3 is 0 Å². The molecule has 2 rings (SSSR count). The van der Waals surface area contributed by atoms with Crippen LogP contribution in [0.15, 0.2) is 40.9 Å². The Bertz CT molecular complexity index is 688. The van der Waals surface area contributed by atoms with E-state index in [-0.39, 0.29) is 5.41 Å². The lowest BCUT2D eigenvalue weighted by molar-refractivity contribution is 0.111. The van der Waals surface area contributed by atoms with E-state index in [0.717, 1.165) is 21.9 Å². The molecule has 0 aromatic heterocycles. The molecular weight excluding hydrogens is 356 g/mol. The molecule has 0 saturated heterocycles. The van der Waals surface area contributed by atoms with Gasteiger partial charge in [-0.05, 0) is 33.0 Å². The molecule has 0 aliphatic rings. The summed E-state index contributed by atoms with van der Waals surface area (Å²) in [5.41, 5.74) is 2.28. The van der Waals surface area contributed by atoms with Crippen molar-refractivity contribution in [1.82, 2.24) is 0 Å². The van der Waals surface area contributed by atoms with Gasteiger partial charge in [0.25, 0.3) is 0 Å². The average Bonchev–Trinajstić information content (AvgIpc) is 2.52. The molecule has 0 saturated carbocycles. The number of halogens is 1. The van der Waals surface area contributed by atoms with Crippen molar-refractivity contribution in [3.63, 3.8) is 0 Å². The molecule has 2 aromatic carbocycles. The van der Waals surface area contributed by atoms with Gasteiger partial charge in [-0.2, -0.15) is 0 Å². The largest absolute Gasteiger partial charge is 0.496 e. The molecule has 0 radical (unpaired) electrons. The fourth-order valence-electron chi connectivity index (χ4n) is 2.40. The molecule has 0 bridgehead atoms. The number of aldehydes is 1. The lowest BCUT2D eigenvalue weighted by Crippen LogP contribution is -2.15. The summed E-state index contributed by atoms with van der Waals surface area (Å²) in [5, 5.41) is 0. The highest BCUT2D eigenvalue weighted by atomic mass is 79.9. The zero-order chi connectivity index (χ0) is 17.0. The summed E-state index contributed by atoms with van der Waals surface area (Å²) < 4.78 is 12.2. The minimum atomic E-state index is -0.149. The van der Waals surface area contributed by atoms with Crippen LogP contribution < -0.4 is 9.47 Å². The van der Waals surface area contributed by atoms with Crippen LogP contribution in [0.5, 0.6) is 11.5 Å². The van der Waals surface area contributed by atoms with Gasteiger partial charge < -0.3 is 9.47 Å². The molecule has 0 amide bonds. The lowest BCUT2D eigenvalue weighted by Gasteiger charge is -2.25. The predicted molar refractivity (Wildman–Crippen MR) is 95.6 cm³/mol. The molecule has 3 nitrogen and oxygen atoms in total. The molecule has 0 heterocycles. The molecule has 0 N–H and O–H groups in total. The summed E-state index contributed by atoms with van der Waals surface area (Å²) in [6.45, 7) is 6.63. The van der Waals surface area contributed by atoms with Crippen molar-refractivity contribution in [3.05, 3.63) is 57.6 Å². The van der Waals surface area contributed by atoms with E-state index in [1.165, 1.54) is 0 Å². The topological polar surface area (TPSA) is 35.5 Å². The molecule has 0 aliphatic heterocycles. The van der Waals surface area contributed by atoms with Crippen LogP contribution >= 0.6 is 15.9 Å². The Morgan fingerprint density at radius 2 is 1.78 bits per heavy atom. The first-order valence-corrected chi connectivity index (χ1v) is 8.20. The highest BCUT2D eigenvalue weighted by Gasteiger charge is 2.26. The van der Waals surface area contributed by atoms with Crippen LogP contribution in [0, 0.1) is 0 Å². The molecule has 0 spiro atoms. The average molecular weight is 377 g/mol. The normalized spacial score (nSPS) is 11.2. The zero-order valence-corrected chi connectivity index (χ0v) is 15.4. The van der Waals surface area contributed by atoms with Crippen molar-refractivity contribution in [1.29, 1.82) is 0 Å². The molecule has 0 aliphatic carbocycles. The van der Waals surface area contributed by atoms with Crippen molar-refractivity contribution in [3.8, 4) is 11.5 Å². The fourth-order valence-corrected chi connectivity index (χ4v) is 2.95. The molecule has 23 heavy (non-hydrogen) atoms. The number of rotatable bonds is 5. The second kappa shape index (κ2) is 7.18. The first kappa shape index (κ1) is 17.5. The molecule has 0 unspecified atom stereocenters. The van der Waals surface area contributed by atoms with Crippen molar-refractivity contribution in [2.45, 2.75) is 32.8 Å². The van der Waals surface area contributed by atoms with Gasteiger partial charge in [0.2, 0.25) is 0 Å². The van der Waals surface area contributed by atoms with Crippen LogP contribution in [-0.2, 0) is 12.0 Å². The number of hydrogen-bond acceptors (Lipinski definition) is 3. The van der Waals surface area contributed by atoms with Crippen LogP contribution in [0.4, 0.5) is 0 Å². The predicted octanol–water partition coefficient (Wildman–Crippen LogP) is 5.15. The van der Waals surface area contributed by atoms with E-state index in [1.807, 2.05) is 36.4 Å². The lowest BCUT2D eigenvalue weighted by atomic mass is 9.85. The summed E-state index contributed by atoms with van der Waals surface area (Å²) in [6, 6.07) is 11.8. The Morgan fingerprint density at radius 3 is 2.30 bits per heavy atom.